The lowest BCUT2D eigenvalue weighted by Gasteiger charge is -2.40. The fourth-order valence-electron chi connectivity index (χ4n) is 2.80. The Morgan fingerprint density at radius 3 is 2.70 bits per heavy atom. The number of likely N-dealkylation sites (tertiary alicyclic amines) is 1. The molecule has 3 aliphatic heterocycles. The summed E-state index contributed by atoms with van der Waals surface area (Å²) in [5.41, 5.74) is 5.95. The number of Topliss-reactive ketones (excluding diaryl/α,β-unsaturated/α-hetero) is 1. The van der Waals surface area contributed by atoms with Crippen LogP contribution >= 0.6 is 0 Å². The van der Waals surface area contributed by atoms with E-state index in [2.05, 4.69) is 10.1 Å². The molecule has 8 nitrogen and oxygen atoms in total. The summed E-state index contributed by atoms with van der Waals surface area (Å²) in [4.78, 5) is 30.0. The van der Waals surface area contributed by atoms with Gasteiger partial charge in [0.2, 0.25) is 0 Å². The summed E-state index contributed by atoms with van der Waals surface area (Å²) >= 11 is 0. The van der Waals surface area contributed by atoms with Gasteiger partial charge in [-0.05, 0) is 27.2 Å². The van der Waals surface area contributed by atoms with Crippen molar-refractivity contribution >= 4 is 24.1 Å². The van der Waals surface area contributed by atoms with Gasteiger partial charge < -0.3 is 15.4 Å². The highest BCUT2D eigenvalue weighted by molar-refractivity contribution is 6.03. The number of carbonyl (C=O) groups is 2. The number of amidine groups is 1. The fourth-order valence-corrected chi connectivity index (χ4v) is 2.80. The Morgan fingerprint density at radius 2 is 2.04 bits per heavy atom. The first-order valence-electron chi connectivity index (χ1n) is 7.63. The molecule has 23 heavy (non-hydrogen) atoms. The van der Waals surface area contributed by atoms with Crippen molar-refractivity contribution in [2.75, 3.05) is 13.1 Å². The molecule has 0 bridgehead atoms. The molecule has 0 aromatic carbocycles. The minimum atomic E-state index is -0.532. The Balaban J connectivity index is 1.55. The van der Waals surface area contributed by atoms with Gasteiger partial charge in [0, 0.05) is 13.1 Å². The molecule has 1 amide bonds. The summed E-state index contributed by atoms with van der Waals surface area (Å²) in [5, 5.41) is 5.76. The van der Waals surface area contributed by atoms with Gasteiger partial charge in [0.15, 0.2) is 11.6 Å². The number of ether oxygens (including phenoxy) is 1. The number of nitrogens with two attached hydrogens (primary N) is 1. The number of hydrazone groups is 1. The van der Waals surface area contributed by atoms with Crippen LogP contribution in [-0.4, -0.2) is 58.7 Å². The molecule has 3 rings (SSSR count). The van der Waals surface area contributed by atoms with Crippen molar-refractivity contribution in [2.45, 2.75) is 38.8 Å². The number of fused-ring (bicyclic) bond motifs is 1. The van der Waals surface area contributed by atoms with Crippen LogP contribution in [0.2, 0.25) is 0 Å². The van der Waals surface area contributed by atoms with Crippen molar-refractivity contribution in [1.29, 1.82) is 0 Å². The average Bonchev–Trinajstić information content (AvgIpc) is 2.79. The Bertz CT molecular complexity index is 626. The molecule has 0 saturated carbocycles. The molecule has 1 unspecified atom stereocenters. The van der Waals surface area contributed by atoms with E-state index in [1.165, 1.54) is 6.34 Å². The third-order valence-corrected chi connectivity index (χ3v) is 3.98. The predicted octanol–water partition coefficient (Wildman–Crippen LogP) is 0.695. The maximum absolute atomic E-state index is 12.6. The third kappa shape index (κ3) is 2.93. The molecule has 1 atom stereocenters. The van der Waals surface area contributed by atoms with Crippen molar-refractivity contribution in [3.63, 3.8) is 0 Å². The molecule has 3 heterocycles. The Morgan fingerprint density at radius 1 is 1.35 bits per heavy atom. The van der Waals surface area contributed by atoms with Gasteiger partial charge in [-0.25, -0.2) is 14.8 Å². The van der Waals surface area contributed by atoms with Crippen LogP contribution in [0.3, 0.4) is 0 Å². The third-order valence-electron chi connectivity index (χ3n) is 3.98. The van der Waals surface area contributed by atoms with Crippen LogP contribution in [-0.2, 0) is 9.53 Å². The molecule has 1 saturated heterocycles. The zero-order valence-electron chi connectivity index (χ0n) is 13.5. The van der Waals surface area contributed by atoms with Crippen molar-refractivity contribution < 1.29 is 14.3 Å². The largest absolute Gasteiger partial charge is 0.444 e. The highest BCUT2D eigenvalue weighted by Crippen LogP contribution is 2.30. The summed E-state index contributed by atoms with van der Waals surface area (Å²) < 4.78 is 5.29. The molecule has 1 fully saturated rings. The second-order valence-electron chi connectivity index (χ2n) is 6.92. The van der Waals surface area contributed by atoms with E-state index in [4.69, 9.17) is 10.5 Å². The van der Waals surface area contributed by atoms with Gasteiger partial charge >= 0.3 is 6.09 Å². The molecule has 0 spiro atoms. The summed E-state index contributed by atoms with van der Waals surface area (Å²) in [6.07, 6.45) is 3.41. The SMILES string of the molecule is CC(C)(C)OC(=O)N1CC(C(=O)C2CC=C3C(N)=NC=NN32)C1. The van der Waals surface area contributed by atoms with Crippen molar-refractivity contribution in [2.24, 2.45) is 21.7 Å². The van der Waals surface area contributed by atoms with E-state index in [-0.39, 0.29) is 23.8 Å². The number of rotatable bonds is 2. The second-order valence-corrected chi connectivity index (χ2v) is 6.92. The minimum absolute atomic E-state index is 0.0721. The fraction of sp³-hybridized carbons (Fsp3) is 0.600. The molecule has 0 aromatic heterocycles. The van der Waals surface area contributed by atoms with Gasteiger partial charge in [0.05, 0.1) is 11.6 Å². The molecule has 0 aromatic rings. The topological polar surface area (TPSA) is 101 Å². The average molecular weight is 319 g/mol. The lowest BCUT2D eigenvalue weighted by atomic mass is 9.90. The second kappa shape index (κ2) is 5.36. The predicted molar refractivity (Wildman–Crippen MR) is 84.7 cm³/mol. The van der Waals surface area contributed by atoms with E-state index < -0.39 is 5.60 Å². The van der Waals surface area contributed by atoms with Gasteiger partial charge in [-0.1, -0.05) is 6.08 Å². The summed E-state index contributed by atoms with van der Waals surface area (Å²) in [7, 11) is 0. The lowest BCUT2D eigenvalue weighted by Crippen LogP contribution is -2.57. The Hall–Kier alpha value is -2.38. The van der Waals surface area contributed by atoms with E-state index >= 15 is 0 Å². The molecule has 0 radical (unpaired) electrons. The normalized spacial score (nSPS) is 23.9. The number of hydrogen-bond acceptors (Lipinski definition) is 7. The summed E-state index contributed by atoms with van der Waals surface area (Å²) in [6, 6.07) is -0.360. The van der Waals surface area contributed by atoms with E-state index in [9.17, 15) is 9.59 Å². The van der Waals surface area contributed by atoms with Crippen LogP contribution in [0.5, 0.6) is 0 Å². The minimum Gasteiger partial charge on any atom is -0.444 e. The molecule has 124 valence electrons. The van der Waals surface area contributed by atoms with Crippen LogP contribution in [0.4, 0.5) is 4.79 Å². The van der Waals surface area contributed by atoms with E-state index in [1.807, 2.05) is 26.8 Å². The van der Waals surface area contributed by atoms with Crippen LogP contribution in [0.25, 0.3) is 0 Å². The van der Waals surface area contributed by atoms with Gasteiger partial charge in [-0.15, -0.1) is 0 Å². The Labute approximate surface area is 134 Å². The van der Waals surface area contributed by atoms with Gasteiger partial charge in [0.1, 0.15) is 18.0 Å². The maximum atomic E-state index is 12.6. The first-order valence-corrected chi connectivity index (χ1v) is 7.63. The van der Waals surface area contributed by atoms with Gasteiger partial charge in [-0.3, -0.25) is 4.79 Å². The standard InChI is InChI=1S/C15H21N5O3/c1-15(2,3)23-14(22)19-6-9(7-19)12(21)10-4-5-11-13(16)17-8-18-20(10)11/h5,8-10H,4,6-7H2,1-3H3,(H2,16,17,18). The molecule has 0 aliphatic carbocycles. The van der Waals surface area contributed by atoms with E-state index in [0.29, 0.717) is 31.0 Å². The number of amides is 1. The number of nitrogens with zero attached hydrogens (tertiary/aromatic N) is 4. The van der Waals surface area contributed by atoms with Crippen LogP contribution in [0, 0.1) is 5.92 Å². The van der Waals surface area contributed by atoms with Crippen molar-refractivity contribution in [3.8, 4) is 0 Å². The van der Waals surface area contributed by atoms with Gasteiger partial charge in [-0.2, -0.15) is 5.10 Å². The molecule has 3 aliphatic rings. The highest BCUT2D eigenvalue weighted by Gasteiger charge is 2.44. The van der Waals surface area contributed by atoms with Crippen LogP contribution in [0.1, 0.15) is 27.2 Å². The zero-order chi connectivity index (χ0) is 16.8. The number of ketones is 1. The molecular formula is C15H21N5O3. The van der Waals surface area contributed by atoms with Crippen LogP contribution in [0.15, 0.2) is 21.9 Å². The maximum Gasteiger partial charge on any atom is 0.410 e. The van der Waals surface area contributed by atoms with E-state index in [1.54, 1.807) is 9.91 Å². The monoisotopic (exact) mass is 319 g/mol. The van der Waals surface area contributed by atoms with Crippen molar-refractivity contribution in [3.05, 3.63) is 11.8 Å². The molecular weight excluding hydrogens is 298 g/mol. The number of carbonyl (C=O) groups excluding carboxylic acids is 2. The number of aliphatic imine (C=N–C) groups is 1. The van der Waals surface area contributed by atoms with Crippen LogP contribution < -0.4 is 5.73 Å². The van der Waals surface area contributed by atoms with E-state index in [0.717, 1.165) is 0 Å². The Kier molecular flexibility index (Phi) is 3.62. The smallest absolute Gasteiger partial charge is 0.410 e. The lowest BCUT2D eigenvalue weighted by molar-refractivity contribution is -0.131. The number of hydrogen-bond donors (Lipinski definition) is 1. The first kappa shape index (κ1) is 15.5. The summed E-state index contributed by atoms with van der Waals surface area (Å²) in [6.45, 7) is 6.24. The highest BCUT2D eigenvalue weighted by atomic mass is 16.6. The molecule has 2 N–H and O–H groups in total. The van der Waals surface area contributed by atoms with Gasteiger partial charge in [0.25, 0.3) is 0 Å². The summed E-state index contributed by atoms with van der Waals surface area (Å²) in [5.74, 6) is 0.262. The quantitative estimate of drug-likeness (QED) is 0.807. The zero-order valence-corrected chi connectivity index (χ0v) is 13.5. The molecule has 8 heteroatoms. The van der Waals surface area contributed by atoms with Crippen molar-refractivity contribution in [1.82, 2.24) is 9.91 Å². The first-order chi connectivity index (χ1) is 10.8.